The molecule has 2 aromatic heterocycles. The molecule has 2 unspecified atom stereocenters. The lowest BCUT2D eigenvalue weighted by Gasteiger charge is -2.34. The summed E-state index contributed by atoms with van der Waals surface area (Å²) in [5.74, 6) is -3.65. The molecule has 0 spiro atoms. The van der Waals surface area contributed by atoms with Gasteiger partial charge in [0.1, 0.15) is 0 Å². The first-order valence-electron chi connectivity index (χ1n) is 9.60. The van der Waals surface area contributed by atoms with E-state index in [1.807, 2.05) is 0 Å². The Morgan fingerprint density at radius 3 is 2.55 bits per heavy atom. The van der Waals surface area contributed by atoms with Crippen molar-refractivity contribution < 1.29 is 19.8 Å². The van der Waals surface area contributed by atoms with Gasteiger partial charge in [-0.1, -0.05) is 24.3 Å². The Labute approximate surface area is 172 Å². The number of aliphatic carboxylic acids is 2. The van der Waals surface area contributed by atoms with E-state index in [1.165, 1.54) is 60.1 Å². The molecule has 150 valence electrons. The van der Waals surface area contributed by atoms with Crippen molar-refractivity contribution in [3.63, 3.8) is 0 Å². The highest BCUT2D eigenvalue weighted by molar-refractivity contribution is 7.17. The summed E-state index contributed by atoms with van der Waals surface area (Å²) in [5.41, 5.74) is 4.20. The van der Waals surface area contributed by atoms with Gasteiger partial charge in [0.05, 0.1) is 5.69 Å². The lowest BCUT2D eigenvalue weighted by Crippen LogP contribution is -2.36. The first-order chi connectivity index (χ1) is 14.0. The van der Waals surface area contributed by atoms with Gasteiger partial charge in [0.25, 0.3) is 0 Å². The molecule has 2 fully saturated rings. The fourth-order valence-electron chi connectivity index (χ4n) is 4.42. The zero-order chi connectivity index (χ0) is 20.4. The number of thiophene rings is 1. The summed E-state index contributed by atoms with van der Waals surface area (Å²) >= 11 is 1.80. The number of piperidine rings is 1. The standard InChI is InChI=1S/C20H20N2S.C2H2O4/c1-2-5-19-16(4-1)17(13-23-19)18-7-6-15(12-21-18)20-8-3-10-22(14-20)11-9-20;3-1(4)2(5)6/h1-2,4-7,12-13H,3,8-11,14H2;(H,3,4)(H,5,6). The fourth-order valence-corrected chi connectivity index (χ4v) is 5.37. The van der Waals surface area contributed by atoms with Gasteiger partial charge < -0.3 is 15.1 Å². The summed E-state index contributed by atoms with van der Waals surface area (Å²) in [4.78, 5) is 25.7. The number of nitrogens with zero attached hydrogens (tertiary/aromatic N) is 2. The molecule has 0 amide bonds. The van der Waals surface area contributed by atoms with Crippen molar-refractivity contribution in [2.24, 2.45) is 0 Å². The van der Waals surface area contributed by atoms with Crippen LogP contribution in [0.4, 0.5) is 0 Å². The summed E-state index contributed by atoms with van der Waals surface area (Å²) in [6, 6.07) is 13.2. The molecule has 4 heterocycles. The van der Waals surface area contributed by atoms with Crippen molar-refractivity contribution in [1.29, 1.82) is 0 Å². The quantitative estimate of drug-likeness (QED) is 0.624. The second-order valence-corrected chi connectivity index (χ2v) is 8.51. The molecule has 0 aliphatic carbocycles. The van der Waals surface area contributed by atoms with E-state index in [-0.39, 0.29) is 0 Å². The van der Waals surface area contributed by atoms with Crippen molar-refractivity contribution in [3.05, 3.63) is 53.5 Å². The number of fused-ring (bicyclic) bond motifs is 3. The maximum Gasteiger partial charge on any atom is 0.414 e. The predicted molar refractivity (Wildman–Crippen MR) is 112 cm³/mol. The van der Waals surface area contributed by atoms with Crippen LogP contribution >= 0.6 is 11.3 Å². The Hall–Kier alpha value is -2.77. The SMILES string of the molecule is O=C(O)C(=O)O.c1ccc2c(-c3ccc(C45CCCN(CC4)C5)cn3)csc2c1. The molecule has 6 nitrogen and oxygen atoms in total. The molecule has 7 heteroatoms. The van der Waals surface area contributed by atoms with Gasteiger partial charge in [-0.2, -0.15) is 0 Å². The van der Waals surface area contributed by atoms with Crippen molar-refractivity contribution in [2.75, 3.05) is 19.6 Å². The topological polar surface area (TPSA) is 90.7 Å². The molecule has 1 aromatic carbocycles. The number of aromatic nitrogens is 1. The number of pyridine rings is 1. The number of carboxylic acid groups (broad SMARTS) is 2. The van der Waals surface area contributed by atoms with Crippen molar-refractivity contribution in [3.8, 4) is 11.3 Å². The summed E-state index contributed by atoms with van der Waals surface area (Å²) in [6.45, 7) is 3.78. The van der Waals surface area contributed by atoms with Crippen molar-refractivity contribution in [1.82, 2.24) is 9.88 Å². The molecule has 2 N–H and O–H groups in total. The van der Waals surface area contributed by atoms with Crippen molar-refractivity contribution in [2.45, 2.75) is 24.7 Å². The lowest BCUT2D eigenvalue weighted by atomic mass is 9.75. The molecular formula is C22H22N2O4S. The number of rotatable bonds is 2. The highest BCUT2D eigenvalue weighted by Gasteiger charge is 2.42. The van der Waals surface area contributed by atoms with Crippen LogP contribution in [0.25, 0.3) is 21.3 Å². The number of benzene rings is 1. The van der Waals surface area contributed by atoms with E-state index in [9.17, 15) is 0 Å². The van der Waals surface area contributed by atoms with Gasteiger partial charge in [0, 0.05) is 39.2 Å². The van der Waals surface area contributed by atoms with Crippen LogP contribution in [0.1, 0.15) is 24.8 Å². The van der Waals surface area contributed by atoms with Crippen molar-refractivity contribution >= 4 is 33.4 Å². The lowest BCUT2D eigenvalue weighted by molar-refractivity contribution is -0.159. The van der Waals surface area contributed by atoms with Gasteiger partial charge in [-0.05, 0) is 50.0 Å². The number of carboxylic acids is 2. The van der Waals surface area contributed by atoms with Gasteiger partial charge in [0.2, 0.25) is 0 Å². The van der Waals surface area contributed by atoms with E-state index in [0.29, 0.717) is 5.41 Å². The summed E-state index contributed by atoms with van der Waals surface area (Å²) < 4.78 is 1.34. The smallest absolute Gasteiger partial charge is 0.414 e. The first-order valence-corrected chi connectivity index (χ1v) is 10.5. The van der Waals surface area contributed by atoms with Crippen LogP contribution in [-0.4, -0.2) is 51.7 Å². The molecule has 0 saturated carbocycles. The molecular weight excluding hydrogens is 388 g/mol. The van der Waals surface area contributed by atoms with Gasteiger partial charge in [-0.25, -0.2) is 9.59 Å². The van der Waals surface area contributed by atoms with E-state index >= 15 is 0 Å². The minimum absolute atomic E-state index is 0.375. The van der Waals surface area contributed by atoms with Crippen LogP contribution < -0.4 is 0 Å². The normalized spacial score (nSPS) is 22.7. The molecule has 2 bridgehead atoms. The maximum absolute atomic E-state index is 9.10. The van der Waals surface area contributed by atoms with Crippen LogP contribution in [-0.2, 0) is 15.0 Å². The van der Waals surface area contributed by atoms with Crippen LogP contribution in [0.15, 0.2) is 48.0 Å². The average molecular weight is 410 g/mol. The van der Waals surface area contributed by atoms with E-state index in [0.717, 1.165) is 5.69 Å². The third kappa shape index (κ3) is 3.88. The van der Waals surface area contributed by atoms with Gasteiger partial charge >= 0.3 is 11.9 Å². The molecule has 29 heavy (non-hydrogen) atoms. The summed E-state index contributed by atoms with van der Waals surface area (Å²) in [7, 11) is 0. The number of hydrogen-bond donors (Lipinski definition) is 2. The molecule has 0 radical (unpaired) electrons. The number of carbonyl (C=O) groups is 2. The van der Waals surface area contributed by atoms with E-state index in [2.05, 4.69) is 52.9 Å². The predicted octanol–water partition coefficient (Wildman–Crippen LogP) is 3.86. The van der Waals surface area contributed by atoms with E-state index in [1.54, 1.807) is 11.3 Å². The molecule has 2 saturated heterocycles. The average Bonchev–Trinajstić information content (AvgIpc) is 3.30. The Balaban J connectivity index is 0.000000302. The Morgan fingerprint density at radius 1 is 1.03 bits per heavy atom. The Kier molecular flexibility index (Phi) is 5.34. The van der Waals surface area contributed by atoms with Gasteiger partial charge in [-0.3, -0.25) is 4.98 Å². The molecule has 3 aromatic rings. The van der Waals surface area contributed by atoms with Gasteiger partial charge in [0.15, 0.2) is 0 Å². The number of hydrogen-bond acceptors (Lipinski definition) is 5. The minimum Gasteiger partial charge on any atom is -0.473 e. The highest BCUT2D eigenvalue weighted by Crippen LogP contribution is 2.42. The van der Waals surface area contributed by atoms with E-state index in [4.69, 9.17) is 24.8 Å². The molecule has 2 aliphatic rings. The maximum atomic E-state index is 9.10. The van der Waals surface area contributed by atoms with Crippen LogP contribution in [0.3, 0.4) is 0 Å². The molecule has 2 aliphatic heterocycles. The van der Waals surface area contributed by atoms with Gasteiger partial charge in [-0.15, -0.1) is 11.3 Å². The third-order valence-electron chi connectivity index (χ3n) is 5.88. The Bertz CT molecular complexity index is 1030. The van der Waals surface area contributed by atoms with E-state index < -0.39 is 11.9 Å². The second-order valence-electron chi connectivity index (χ2n) is 7.60. The molecule has 2 atom stereocenters. The Morgan fingerprint density at radius 2 is 1.83 bits per heavy atom. The van der Waals surface area contributed by atoms with Crippen LogP contribution in [0.2, 0.25) is 0 Å². The highest BCUT2D eigenvalue weighted by atomic mass is 32.1. The largest absolute Gasteiger partial charge is 0.473 e. The zero-order valence-electron chi connectivity index (χ0n) is 15.9. The summed E-state index contributed by atoms with van der Waals surface area (Å²) in [6.07, 6.45) is 6.11. The fraction of sp³-hybridized carbons (Fsp3) is 0.318. The summed E-state index contributed by atoms with van der Waals surface area (Å²) in [5, 5.41) is 18.3. The minimum atomic E-state index is -1.82. The van der Waals surface area contributed by atoms with Crippen LogP contribution in [0, 0.1) is 0 Å². The second kappa shape index (κ2) is 7.93. The van der Waals surface area contributed by atoms with Crippen LogP contribution in [0.5, 0.6) is 0 Å². The molecule has 5 rings (SSSR count). The first kappa shape index (κ1) is 19.5. The monoisotopic (exact) mass is 410 g/mol. The zero-order valence-corrected chi connectivity index (χ0v) is 16.7. The third-order valence-corrected chi connectivity index (χ3v) is 6.84.